The molecule has 0 radical (unpaired) electrons. The van der Waals surface area contributed by atoms with Crippen molar-refractivity contribution in [2.75, 3.05) is 11.9 Å². The summed E-state index contributed by atoms with van der Waals surface area (Å²) in [6.07, 6.45) is 0.623. The molecule has 14 heavy (non-hydrogen) atoms. The minimum Gasteiger partial charge on any atom is -0.339 e. The van der Waals surface area contributed by atoms with Crippen LogP contribution in [0.5, 0.6) is 0 Å². The van der Waals surface area contributed by atoms with Gasteiger partial charge in [0.25, 0.3) is 0 Å². The third-order valence-corrected chi connectivity index (χ3v) is 2.31. The van der Waals surface area contributed by atoms with E-state index in [0.717, 1.165) is 11.9 Å². The second-order valence-corrected chi connectivity index (χ2v) is 5.90. The first-order chi connectivity index (χ1) is 6.28. The van der Waals surface area contributed by atoms with Crippen LogP contribution in [0.25, 0.3) is 0 Å². The van der Waals surface area contributed by atoms with Crippen molar-refractivity contribution in [3.05, 3.63) is 0 Å². The Hall–Kier alpha value is -0.0500. The summed E-state index contributed by atoms with van der Waals surface area (Å²) < 4.78 is 0. The maximum absolute atomic E-state index is 11.9. The molecule has 0 saturated carbocycles. The van der Waals surface area contributed by atoms with Crippen LogP contribution in [0, 0.1) is 5.41 Å². The summed E-state index contributed by atoms with van der Waals surface area (Å²) in [5.74, 6) is 0.256. The van der Waals surface area contributed by atoms with Gasteiger partial charge in [0.1, 0.15) is 0 Å². The first-order valence-electron chi connectivity index (χ1n) is 5.13. The van der Waals surface area contributed by atoms with Crippen LogP contribution < -0.4 is 0 Å². The van der Waals surface area contributed by atoms with Crippen LogP contribution in [0.15, 0.2) is 0 Å². The van der Waals surface area contributed by atoms with Gasteiger partial charge in [0.2, 0.25) is 5.91 Å². The molecule has 0 atom stereocenters. The van der Waals surface area contributed by atoms with E-state index in [9.17, 15) is 4.79 Å². The van der Waals surface area contributed by atoms with E-state index in [2.05, 4.69) is 50.5 Å². The highest BCUT2D eigenvalue weighted by Crippen LogP contribution is 2.20. The molecule has 0 bridgehead atoms. The zero-order valence-corrected chi connectivity index (χ0v) is 11.5. The summed E-state index contributed by atoms with van der Waals surface area (Å²) >= 11 is 3.37. The highest BCUT2D eigenvalue weighted by molar-refractivity contribution is 9.09. The molecular weight excluding hydrogens is 242 g/mol. The fourth-order valence-corrected chi connectivity index (χ4v) is 1.70. The summed E-state index contributed by atoms with van der Waals surface area (Å²) in [5.41, 5.74) is 0.0799. The van der Waals surface area contributed by atoms with Gasteiger partial charge in [-0.15, -0.1) is 0 Å². The van der Waals surface area contributed by atoms with Crippen molar-refractivity contribution in [2.24, 2.45) is 5.41 Å². The maximum atomic E-state index is 11.9. The predicted molar refractivity (Wildman–Crippen MR) is 64.7 cm³/mol. The number of alkyl halides is 1. The van der Waals surface area contributed by atoms with Crippen LogP contribution in [-0.2, 0) is 4.79 Å². The average Bonchev–Trinajstić information content (AvgIpc) is 1.95. The lowest BCUT2D eigenvalue weighted by Crippen LogP contribution is -2.39. The normalized spacial score (nSPS) is 11.9. The van der Waals surface area contributed by atoms with Gasteiger partial charge in [0.15, 0.2) is 0 Å². The van der Waals surface area contributed by atoms with Crippen molar-refractivity contribution in [1.82, 2.24) is 4.90 Å². The average molecular weight is 264 g/mol. The highest BCUT2D eigenvalue weighted by atomic mass is 79.9. The molecule has 0 aliphatic rings. The molecule has 0 saturated heterocycles. The number of halogens is 1. The second kappa shape index (κ2) is 5.74. The molecular formula is C11H22BrNO. The summed E-state index contributed by atoms with van der Waals surface area (Å²) in [5, 5.41) is 0.848. The Morgan fingerprint density at radius 1 is 1.36 bits per heavy atom. The lowest BCUT2D eigenvalue weighted by molar-refractivity contribution is -0.134. The van der Waals surface area contributed by atoms with Crippen LogP contribution in [-0.4, -0.2) is 28.7 Å². The van der Waals surface area contributed by atoms with Gasteiger partial charge in [-0.05, 0) is 19.3 Å². The zero-order chi connectivity index (χ0) is 11.4. The van der Waals surface area contributed by atoms with E-state index in [1.165, 1.54) is 0 Å². The van der Waals surface area contributed by atoms with Crippen LogP contribution in [0.3, 0.4) is 0 Å². The minimum atomic E-state index is 0.0799. The van der Waals surface area contributed by atoms with Crippen LogP contribution in [0.2, 0.25) is 0 Å². The number of hydrogen-bond donors (Lipinski definition) is 0. The minimum absolute atomic E-state index is 0.0799. The fraction of sp³-hybridized carbons (Fsp3) is 0.909. The van der Waals surface area contributed by atoms with Crippen molar-refractivity contribution in [3.63, 3.8) is 0 Å². The molecule has 0 heterocycles. The van der Waals surface area contributed by atoms with Gasteiger partial charge in [-0.1, -0.05) is 36.7 Å². The standard InChI is InChI=1S/C11H22BrNO/c1-9(2)13(7-6-12)10(14)8-11(3,4)5/h9H,6-8H2,1-5H3. The molecule has 0 aliphatic carbocycles. The second-order valence-electron chi connectivity index (χ2n) is 5.11. The largest absolute Gasteiger partial charge is 0.339 e. The first-order valence-corrected chi connectivity index (χ1v) is 6.25. The molecule has 0 fully saturated rings. The van der Waals surface area contributed by atoms with Gasteiger partial charge in [0.05, 0.1) is 0 Å². The van der Waals surface area contributed by atoms with Crippen molar-refractivity contribution < 1.29 is 4.79 Å². The van der Waals surface area contributed by atoms with Gasteiger partial charge < -0.3 is 4.90 Å². The lowest BCUT2D eigenvalue weighted by Gasteiger charge is -2.29. The molecule has 0 spiro atoms. The number of hydrogen-bond acceptors (Lipinski definition) is 1. The van der Waals surface area contributed by atoms with E-state index in [4.69, 9.17) is 0 Å². The lowest BCUT2D eigenvalue weighted by atomic mass is 9.91. The molecule has 0 aromatic carbocycles. The molecule has 0 unspecified atom stereocenters. The number of carbonyl (C=O) groups is 1. The molecule has 0 aromatic rings. The smallest absolute Gasteiger partial charge is 0.223 e. The summed E-state index contributed by atoms with van der Waals surface area (Å²) in [6, 6.07) is 0.294. The van der Waals surface area contributed by atoms with E-state index in [1.807, 2.05) is 4.90 Å². The van der Waals surface area contributed by atoms with Crippen molar-refractivity contribution in [2.45, 2.75) is 47.1 Å². The third-order valence-electron chi connectivity index (χ3n) is 1.95. The molecule has 1 amide bonds. The fourth-order valence-electron chi connectivity index (χ4n) is 1.32. The first kappa shape index (κ1) is 13.9. The van der Waals surface area contributed by atoms with Crippen LogP contribution in [0.1, 0.15) is 41.0 Å². The zero-order valence-electron chi connectivity index (χ0n) is 9.93. The third kappa shape index (κ3) is 5.63. The van der Waals surface area contributed by atoms with Gasteiger partial charge in [0, 0.05) is 24.3 Å². The highest BCUT2D eigenvalue weighted by Gasteiger charge is 2.22. The topological polar surface area (TPSA) is 20.3 Å². The predicted octanol–water partition coefficient (Wildman–Crippen LogP) is 3.05. The Labute approximate surface area is 96.2 Å². The Kier molecular flexibility index (Phi) is 5.72. The van der Waals surface area contributed by atoms with Gasteiger partial charge in [-0.2, -0.15) is 0 Å². The van der Waals surface area contributed by atoms with E-state index in [1.54, 1.807) is 0 Å². The Morgan fingerprint density at radius 2 is 1.86 bits per heavy atom. The summed E-state index contributed by atoms with van der Waals surface area (Å²) in [4.78, 5) is 13.8. The quantitative estimate of drug-likeness (QED) is 0.715. The molecule has 0 aliphatic heterocycles. The van der Waals surface area contributed by atoms with Crippen LogP contribution >= 0.6 is 15.9 Å². The van der Waals surface area contributed by atoms with Crippen molar-refractivity contribution in [1.29, 1.82) is 0 Å². The maximum Gasteiger partial charge on any atom is 0.223 e. The van der Waals surface area contributed by atoms with Crippen molar-refractivity contribution in [3.8, 4) is 0 Å². The van der Waals surface area contributed by atoms with E-state index in [-0.39, 0.29) is 11.3 Å². The molecule has 0 N–H and O–H groups in total. The molecule has 0 rings (SSSR count). The Morgan fingerprint density at radius 3 is 2.14 bits per heavy atom. The summed E-state index contributed by atoms with van der Waals surface area (Å²) in [7, 11) is 0. The van der Waals surface area contributed by atoms with E-state index in [0.29, 0.717) is 12.5 Å². The van der Waals surface area contributed by atoms with E-state index < -0.39 is 0 Å². The molecule has 84 valence electrons. The van der Waals surface area contributed by atoms with Gasteiger partial charge >= 0.3 is 0 Å². The number of nitrogens with zero attached hydrogens (tertiary/aromatic N) is 1. The molecule has 0 aromatic heterocycles. The SMILES string of the molecule is CC(C)N(CCBr)C(=O)CC(C)(C)C. The monoisotopic (exact) mass is 263 g/mol. The van der Waals surface area contributed by atoms with Crippen molar-refractivity contribution >= 4 is 21.8 Å². The Balaban J connectivity index is 4.30. The van der Waals surface area contributed by atoms with Gasteiger partial charge in [-0.3, -0.25) is 4.79 Å². The number of rotatable bonds is 4. The van der Waals surface area contributed by atoms with Gasteiger partial charge in [-0.25, -0.2) is 0 Å². The Bertz CT molecular complexity index is 184. The summed E-state index contributed by atoms with van der Waals surface area (Å²) in [6.45, 7) is 11.2. The van der Waals surface area contributed by atoms with E-state index >= 15 is 0 Å². The molecule has 2 nitrogen and oxygen atoms in total. The number of carbonyl (C=O) groups excluding carboxylic acids is 1. The van der Waals surface area contributed by atoms with Crippen LogP contribution in [0.4, 0.5) is 0 Å². The number of amides is 1. The molecule has 3 heteroatoms.